The molecular weight excluding hydrogens is 833 g/mol. The maximum Gasteiger partial charge on any atom is 0.0468 e. The van der Waals surface area contributed by atoms with Crippen molar-refractivity contribution in [3.8, 4) is 66.8 Å². The zero-order valence-electron chi connectivity index (χ0n) is 38.7. The molecule has 2 heteroatoms. The van der Waals surface area contributed by atoms with Crippen LogP contribution in [-0.4, -0.2) is 0 Å². The molecule has 0 amide bonds. The number of nitrogens with zero attached hydrogens (tertiary/aromatic N) is 2. The van der Waals surface area contributed by atoms with Gasteiger partial charge in [0.25, 0.3) is 0 Å². The Bertz CT molecular complexity index is 3340. The van der Waals surface area contributed by atoms with Crippen LogP contribution in [-0.2, 0) is 0 Å². The van der Waals surface area contributed by atoms with E-state index >= 15 is 0 Å². The maximum atomic E-state index is 2.38. The van der Waals surface area contributed by atoms with Gasteiger partial charge in [0.05, 0.1) is 0 Å². The number of hydrogen-bond donors (Lipinski definition) is 0. The van der Waals surface area contributed by atoms with Gasteiger partial charge in [0, 0.05) is 34.1 Å². The lowest BCUT2D eigenvalue weighted by Gasteiger charge is -2.29. The Morgan fingerprint density at radius 1 is 0.290 bits per heavy atom. The Kier molecular flexibility index (Phi) is 12.2. The van der Waals surface area contributed by atoms with Crippen molar-refractivity contribution < 1.29 is 0 Å². The Morgan fingerprint density at radius 2 is 0.609 bits per heavy atom. The normalized spacial score (nSPS) is 13.1. The Morgan fingerprint density at radius 3 is 1.01 bits per heavy atom. The Hall–Kier alpha value is -8.72. The summed E-state index contributed by atoms with van der Waals surface area (Å²) in [6, 6.07) is 94.3. The van der Waals surface area contributed by atoms with Crippen LogP contribution in [0.15, 0.2) is 285 Å². The van der Waals surface area contributed by atoms with Gasteiger partial charge in [-0.05, 0) is 146 Å². The minimum atomic E-state index is 0.531. The molecular formula is C67H52N2. The highest BCUT2D eigenvalue weighted by atomic mass is 15.1. The van der Waals surface area contributed by atoms with Crippen LogP contribution in [0.2, 0.25) is 0 Å². The predicted octanol–water partition coefficient (Wildman–Crippen LogP) is 18.8. The van der Waals surface area contributed by atoms with E-state index < -0.39 is 0 Å². The number of hydrogen-bond acceptors (Lipinski definition) is 2. The molecule has 0 aromatic heterocycles. The van der Waals surface area contributed by atoms with Crippen molar-refractivity contribution >= 4 is 28.4 Å². The van der Waals surface area contributed by atoms with Crippen LogP contribution < -0.4 is 9.80 Å². The van der Waals surface area contributed by atoms with Gasteiger partial charge in [0.1, 0.15) is 0 Å². The SMILES string of the molecule is CC1C=CC(N(c2ccc(-c3ccccc3)cc2)c2ccc(-c3ccc(-c4ccc(N(c5ccccc5)c5ccc(-c6ccccc6)cc5)cc4-c4ccc(-c5ccccc5)cc4)cc3)cc2)=CC1. The van der Waals surface area contributed by atoms with E-state index in [9.17, 15) is 0 Å². The molecule has 0 radical (unpaired) electrons. The molecule has 0 fully saturated rings. The van der Waals surface area contributed by atoms with Crippen molar-refractivity contribution in [2.75, 3.05) is 9.80 Å². The lowest BCUT2D eigenvalue weighted by atomic mass is 9.91. The zero-order chi connectivity index (χ0) is 46.4. The minimum Gasteiger partial charge on any atom is -0.311 e. The van der Waals surface area contributed by atoms with Crippen molar-refractivity contribution in [3.63, 3.8) is 0 Å². The van der Waals surface area contributed by atoms with Crippen LogP contribution in [0.1, 0.15) is 13.3 Å². The van der Waals surface area contributed by atoms with E-state index in [0.29, 0.717) is 5.92 Å². The first-order valence-corrected chi connectivity index (χ1v) is 24.0. The van der Waals surface area contributed by atoms with Crippen LogP contribution in [0.25, 0.3) is 66.8 Å². The van der Waals surface area contributed by atoms with E-state index in [-0.39, 0.29) is 0 Å². The van der Waals surface area contributed by atoms with Gasteiger partial charge in [-0.25, -0.2) is 0 Å². The molecule has 0 N–H and O–H groups in total. The molecule has 10 aromatic rings. The highest BCUT2D eigenvalue weighted by molar-refractivity contribution is 5.90. The zero-order valence-corrected chi connectivity index (χ0v) is 38.7. The fraction of sp³-hybridized carbons (Fsp3) is 0.0448. The van der Waals surface area contributed by atoms with Gasteiger partial charge in [0.15, 0.2) is 0 Å². The van der Waals surface area contributed by atoms with Crippen molar-refractivity contribution in [3.05, 3.63) is 285 Å². The second kappa shape index (κ2) is 19.6. The van der Waals surface area contributed by atoms with E-state index in [1.807, 2.05) is 0 Å². The fourth-order valence-corrected chi connectivity index (χ4v) is 9.50. The van der Waals surface area contributed by atoms with Crippen molar-refractivity contribution in [2.45, 2.75) is 13.3 Å². The second-order valence-electron chi connectivity index (χ2n) is 17.8. The third kappa shape index (κ3) is 9.34. The molecule has 1 aliphatic rings. The number of para-hydroxylation sites is 1. The van der Waals surface area contributed by atoms with Crippen LogP contribution in [0, 0.1) is 5.92 Å². The average molecular weight is 885 g/mol. The molecule has 1 atom stereocenters. The summed E-state index contributed by atoms with van der Waals surface area (Å²) in [6.07, 6.45) is 7.97. The van der Waals surface area contributed by atoms with Gasteiger partial charge in [-0.3, -0.25) is 0 Å². The second-order valence-corrected chi connectivity index (χ2v) is 17.8. The molecule has 1 unspecified atom stereocenters. The summed E-state index contributed by atoms with van der Waals surface area (Å²) in [6.45, 7) is 2.27. The van der Waals surface area contributed by atoms with E-state index in [4.69, 9.17) is 0 Å². The molecule has 69 heavy (non-hydrogen) atoms. The van der Waals surface area contributed by atoms with Gasteiger partial charge in [-0.1, -0.05) is 219 Å². The summed E-state index contributed by atoms with van der Waals surface area (Å²) in [4.78, 5) is 4.73. The Labute approximate surface area is 407 Å². The fourth-order valence-electron chi connectivity index (χ4n) is 9.50. The van der Waals surface area contributed by atoms with Gasteiger partial charge in [-0.15, -0.1) is 0 Å². The molecule has 0 aliphatic heterocycles. The molecule has 0 heterocycles. The van der Waals surface area contributed by atoms with E-state index in [0.717, 1.165) is 46.0 Å². The molecule has 11 rings (SSSR count). The number of rotatable bonds is 12. The van der Waals surface area contributed by atoms with Gasteiger partial charge in [-0.2, -0.15) is 0 Å². The van der Waals surface area contributed by atoms with Crippen molar-refractivity contribution in [1.82, 2.24) is 0 Å². The summed E-state index contributed by atoms with van der Waals surface area (Å²) in [5.74, 6) is 0.531. The molecule has 2 nitrogen and oxygen atoms in total. The number of allylic oxidation sites excluding steroid dienone is 3. The highest BCUT2D eigenvalue weighted by Crippen LogP contribution is 2.42. The largest absolute Gasteiger partial charge is 0.311 e. The van der Waals surface area contributed by atoms with E-state index in [2.05, 4.69) is 296 Å². The van der Waals surface area contributed by atoms with Crippen molar-refractivity contribution in [1.29, 1.82) is 0 Å². The number of benzene rings is 10. The molecule has 0 spiro atoms. The molecule has 0 bridgehead atoms. The van der Waals surface area contributed by atoms with Crippen LogP contribution >= 0.6 is 0 Å². The first-order valence-electron chi connectivity index (χ1n) is 24.0. The minimum absolute atomic E-state index is 0.531. The van der Waals surface area contributed by atoms with Crippen LogP contribution in [0.3, 0.4) is 0 Å². The Balaban J connectivity index is 0.933. The van der Waals surface area contributed by atoms with Crippen LogP contribution in [0.5, 0.6) is 0 Å². The third-order valence-electron chi connectivity index (χ3n) is 13.3. The lowest BCUT2D eigenvalue weighted by Crippen LogP contribution is -2.17. The first kappa shape index (κ1) is 42.9. The summed E-state index contributed by atoms with van der Waals surface area (Å²) in [7, 11) is 0. The number of anilines is 5. The molecule has 1 aliphatic carbocycles. The standard InChI is InChI=1S/C67H52N2/c1-49-22-38-61(39-23-49)68(62-40-32-55(33-41-62)51-16-8-3-9-17-51)63-42-36-57(37-43-63)54-24-28-58(29-25-54)66-47-46-65(48-67(66)59-30-26-53(27-31-59)50-14-6-2-7-15-50)69(60-20-12-5-13-21-60)64-44-34-56(35-45-64)52-18-10-4-11-19-52/h2-22,24-49H,23H2,1H3. The summed E-state index contributed by atoms with van der Waals surface area (Å²) in [5, 5.41) is 0. The predicted molar refractivity (Wildman–Crippen MR) is 293 cm³/mol. The van der Waals surface area contributed by atoms with Crippen molar-refractivity contribution in [2.24, 2.45) is 5.92 Å². The summed E-state index contributed by atoms with van der Waals surface area (Å²) in [5.41, 5.74) is 21.0. The quantitative estimate of drug-likeness (QED) is 0.121. The third-order valence-corrected chi connectivity index (χ3v) is 13.3. The highest BCUT2D eigenvalue weighted by Gasteiger charge is 2.19. The van der Waals surface area contributed by atoms with Gasteiger partial charge < -0.3 is 9.80 Å². The summed E-state index contributed by atoms with van der Waals surface area (Å²) < 4.78 is 0. The molecule has 330 valence electrons. The molecule has 0 saturated heterocycles. The van der Waals surface area contributed by atoms with E-state index in [1.54, 1.807) is 0 Å². The van der Waals surface area contributed by atoms with Gasteiger partial charge in [0.2, 0.25) is 0 Å². The first-order chi connectivity index (χ1) is 34.1. The maximum absolute atomic E-state index is 2.38. The topological polar surface area (TPSA) is 6.48 Å². The summed E-state index contributed by atoms with van der Waals surface area (Å²) >= 11 is 0. The molecule has 10 aromatic carbocycles. The lowest BCUT2D eigenvalue weighted by molar-refractivity contribution is 0.728. The average Bonchev–Trinajstić information content (AvgIpc) is 3.43. The monoisotopic (exact) mass is 884 g/mol. The van der Waals surface area contributed by atoms with Gasteiger partial charge >= 0.3 is 0 Å². The van der Waals surface area contributed by atoms with E-state index in [1.165, 1.54) is 61.3 Å². The molecule has 0 saturated carbocycles. The van der Waals surface area contributed by atoms with Crippen LogP contribution in [0.4, 0.5) is 28.4 Å². The smallest absolute Gasteiger partial charge is 0.0468 e.